The number of aryl methyl sites for hydroxylation is 2. The average Bonchev–Trinajstić information content (AvgIpc) is 3.32. The van der Waals surface area contributed by atoms with Gasteiger partial charge in [0.2, 0.25) is 0 Å². The second-order valence-electron chi connectivity index (χ2n) is 14.8. The van der Waals surface area contributed by atoms with Crippen molar-refractivity contribution >= 4 is 27.8 Å². The number of fused-ring (bicyclic) bond motifs is 2. The summed E-state index contributed by atoms with van der Waals surface area (Å²) >= 11 is 0. The smallest absolute Gasteiger partial charge is 0.325 e. The van der Waals surface area contributed by atoms with E-state index in [4.69, 9.17) is 43.1 Å². The molecule has 0 bridgehead atoms. The van der Waals surface area contributed by atoms with Crippen LogP contribution in [0.5, 0.6) is 46.0 Å². The summed E-state index contributed by atoms with van der Waals surface area (Å²) in [7, 11) is 6.19. The highest BCUT2D eigenvalue weighted by Crippen LogP contribution is 2.46. The van der Waals surface area contributed by atoms with Gasteiger partial charge in [0.15, 0.2) is 40.2 Å². The van der Waals surface area contributed by atoms with Crippen LogP contribution in [0.4, 0.5) is 0 Å². The molecule has 8 aromatic rings. The molecule has 63 heavy (non-hydrogen) atoms. The summed E-state index contributed by atoms with van der Waals surface area (Å²) < 4.78 is 42.1. The molecule has 0 spiro atoms. The first-order chi connectivity index (χ1) is 30.5. The molecule has 4 heterocycles. The summed E-state index contributed by atoms with van der Waals surface area (Å²) in [5.74, 6) is -0.303. The van der Waals surface area contributed by atoms with E-state index in [0.717, 1.165) is 0 Å². The molecule has 0 fully saturated rings. The van der Waals surface area contributed by atoms with Crippen LogP contribution in [0.25, 0.3) is 21.8 Å². The lowest BCUT2D eigenvalue weighted by Crippen LogP contribution is -2.44. The molecular formula is C50H44N4O9. The molecule has 0 saturated heterocycles. The van der Waals surface area contributed by atoms with E-state index in [0.29, 0.717) is 73.3 Å². The number of carbonyl (C=O) groups is 1. The lowest BCUT2D eigenvalue weighted by molar-refractivity contribution is -0.203. The predicted molar refractivity (Wildman–Crippen MR) is 236 cm³/mol. The molecule has 8 rings (SSSR count). The van der Waals surface area contributed by atoms with Crippen molar-refractivity contribution in [1.29, 1.82) is 0 Å². The highest BCUT2D eigenvalue weighted by Gasteiger charge is 2.49. The van der Waals surface area contributed by atoms with E-state index in [1.807, 2.05) is 25.1 Å². The number of methoxy groups -OCH3 is 4. The Morgan fingerprint density at radius 1 is 0.508 bits per heavy atom. The fraction of sp³-hybridized carbons (Fsp3) is 0.180. The number of pyridine rings is 4. The van der Waals surface area contributed by atoms with Gasteiger partial charge in [-0.1, -0.05) is 60.7 Å². The third-order valence-corrected chi connectivity index (χ3v) is 10.8. The molecular weight excluding hydrogens is 801 g/mol. The third kappa shape index (κ3) is 7.86. The Hall–Kier alpha value is -7.77. The predicted octanol–water partition coefficient (Wildman–Crippen LogP) is 9.55. The fourth-order valence-electron chi connectivity index (χ4n) is 7.43. The summed E-state index contributed by atoms with van der Waals surface area (Å²) in [4.78, 5) is 34.4. The average molecular weight is 845 g/mol. The fourth-order valence-corrected chi connectivity index (χ4v) is 7.43. The Morgan fingerprint density at radius 2 is 0.937 bits per heavy atom. The van der Waals surface area contributed by atoms with Gasteiger partial charge in [-0.05, 0) is 74.9 Å². The molecule has 4 aromatic heterocycles. The first-order valence-electron chi connectivity index (χ1n) is 19.9. The molecule has 13 nitrogen and oxygen atoms in total. The van der Waals surface area contributed by atoms with Gasteiger partial charge < -0.3 is 38.3 Å². The Labute approximate surface area is 363 Å². The van der Waals surface area contributed by atoms with Crippen molar-refractivity contribution < 1.29 is 43.1 Å². The van der Waals surface area contributed by atoms with Crippen molar-refractivity contribution in [3.05, 3.63) is 168 Å². The van der Waals surface area contributed by atoms with E-state index >= 15 is 4.79 Å². The van der Waals surface area contributed by atoms with Crippen molar-refractivity contribution in [3.63, 3.8) is 0 Å². The van der Waals surface area contributed by atoms with E-state index in [2.05, 4.69) is 9.97 Å². The molecule has 0 aliphatic rings. The van der Waals surface area contributed by atoms with Crippen LogP contribution in [0.2, 0.25) is 0 Å². The van der Waals surface area contributed by atoms with Crippen LogP contribution in [-0.4, -0.2) is 59.5 Å². The summed E-state index contributed by atoms with van der Waals surface area (Å²) in [5.41, 5.74) is 1.44. The van der Waals surface area contributed by atoms with Crippen LogP contribution in [0, 0.1) is 13.8 Å². The van der Waals surface area contributed by atoms with Crippen LogP contribution < -0.4 is 28.4 Å². The molecule has 13 heteroatoms. The largest absolute Gasteiger partial charge is 0.493 e. The minimum absolute atomic E-state index is 0.0794. The number of benzene rings is 4. The van der Waals surface area contributed by atoms with E-state index in [9.17, 15) is 5.11 Å². The minimum Gasteiger partial charge on any atom is -0.493 e. The molecule has 2 unspecified atom stereocenters. The van der Waals surface area contributed by atoms with Gasteiger partial charge in [0.05, 0.1) is 39.5 Å². The van der Waals surface area contributed by atoms with E-state index in [1.165, 1.54) is 7.11 Å². The number of carbonyl (C=O) groups excluding carboxylic acids is 1. The maximum absolute atomic E-state index is 15.6. The molecule has 0 radical (unpaired) electrons. The molecule has 4 aromatic carbocycles. The van der Waals surface area contributed by atoms with Gasteiger partial charge in [-0.25, -0.2) is 4.98 Å². The number of hydrogen-bond acceptors (Lipinski definition) is 13. The highest BCUT2D eigenvalue weighted by molar-refractivity contribution is 5.91. The Bertz CT molecular complexity index is 2970. The first-order valence-corrected chi connectivity index (χ1v) is 19.9. The van der Waals surface area contributed by atoms with Gasteiger partial charge in [-0.3, -0.25) is 19.7 Å². The highest BCUT2D eigenvalue weighted by atomic mass is 16.7. The molecule has 0 aliphatic heterocycles. The van der Waals surface area contributed by atoms with E-state index in [1.54, 1.807) is 151 Å². The van der Waals surface area contributed by atoms with Crippen molar-refractivity contribution in [2.45, 2.75) is 32.0 Å². The zero-order valence-corrected chi connectivity index (χ0v) is 35.7. The molecule has 1 N–H and O–H groups in total. The van der Waals surface area contributed by atoms with Gasteiger partial charge in [0.25, 0.3) is 5.79 Å². The quantitative estimate of drug-likeness (QED) is 0.0817. The number of aliphatic hydroxyl groups is 1. The third-order valence-electron chi connectivity index (χ3n) is 10.8. The molecule has 0 saturated carbocycles. The van der Waals surface area contributed by atoms with Gasteiger partial charge in [0.1, 0.15) is 22.6 Å². The van der Waals surface area contributed by atoms with Crippen LogP contribution in [0.1, 0.15) is 40.8 Å². The molecule has 0 amide bonds. The summed E-state index contributed by atoms with van der Waals surface area (Å²) in [6, 6.07) is 35.0. The summed E-state index contributed by atoms with van der Waals surface area (Å²) in [6.45, 7) is 5.27. The van der Waals surface area contributed by atoms with Crippen molar-refractivity contribution in [2.24, 2.45) is 0 Å². The number of aromatic nitrogens is 4. The standard InChI is InChI=1S/C50H44N4O9/c1-30-18-20-40(61-38-22-24-51-36-28-44(59-6)42(57-4)26-34(36)38)46(53-30)49(3,32-14-10-8-11-15-32)48(55)63-50(56,33-16-12-9-13-17-33)47-41(21-19-31(2)54-47)62-39-23-25-52-37-29-45(60-7)43(58-5)27-35(37)39/h8-29,56H,1-7H3. The van der Waals surface area contributed by atoms with Gasteiger partial charge in [0, 0.05) is 52.3 Å². The monoisotopic (exact) mass is 844 g/mol. The summed E-state index contributed by atoms with van der Waals surface area (Å²) in [5, 5.41) is 14.4. The van der Waals surface area contributed by atoms with Crippen LogP contribution in [-0.2, 0) is 20.7 Å². The lowest BCUT2D eigenvalue weighted by Gasteiger charge is -2.35. The molecule has 2 atom stereocenters. The van der Waals surface area contributed by atoms with E-state index in [-0.39, 0.29) is 28.5 Å². The van der Waals surface area contributed by atoms with Crippen LogP contribution in [0.3, 0.4) is 0 Å². The zero-order valence-electron chi connectivity index (χ0n) is 35.7. The number of hydrogen-bond donors (Lipinski definition) is 1. The topological polar surface area (TPSA) is 153 Å². The number of rotatable bonds is 14. The van der Waals surface area contributed by atoms with Crippen LogP contribution in [0.15, 0.2) is 134 Å². The normalized spacial score (nSPS) is 13.1. The maximum Gasteiger partial charge on any atom is 0.325 e. The Kier molecular flexibility index (Phi) is 11.5. The van der Waals surface area contributed by atoms with Gasteiger partial charge in [-0.15, -0.1) is 0 Å². The number of nitrogens with zero attached hydrogens (tertiary/aromatic N) is 4. The minimum atomic E-state index is -2.53. The van der Waals surface area contributed by atoms with Gasteiger partial charge in [-0.2, -0.15) is 0 Å². The second-order valence-corrected chi connectivity index (χ2v) is 14.8. The SMILES string of the molecule is COc1cc2nccc(Oc3ccc(C)nc3C(O)(OC(=O)C(C)(c3ccccc3)c3nc(C)ccc3Oc3ccnc4cc(OC)c(OC)cc34)c3ccccc3)c2cc1OC. The first kappa shape index (κ1) is 41.9. The Balaban J connectivity index is 1.27. The summed E-state index contributed by atoms with van der Waals surface area (Å²) in [6.07, 6.45) is 3.21. The lowest BCUT2D eigenvalue weighted by atomic mass is 9.78. The second kappa shape index (κ2) is 17.3. The van der Waals surface area contributed by atoms with Crippen molar-refractivity contribution in [3.8, 4) is 46.0 Å². The van der Waals surface area contributed by atoms with Crippen LogP contribution >= 0.6 is 0 Å². The zero-order chi connectivity index (χ0) is 44.3. The van der Waals surface area contributed by atoms with E-state index < -0.39 is 17.2 Å². The Morgan fingerprint density at radius 3 is 1.41 bits per heavy atom. The van der Waals surface area contributed by atoms with Crippen molar-refractivity contribution in [2.75, 3.05) is 28.4 Å². The van der Waals surface area contributed by atoms with Crippen molar-refractivity contribution in [1.82, 2.24) is 19.9 Å². The number of ether oxygens (including phenoxy) is 7. The molecule has 0 aliphatic carbocycles. The van der Waals surface area contributed by atoms with Gasteiger partial charge >= 0.3 is 5.97 Å². The maximum atomic E-state index is 15.6. The molecule has 318 valence electrons. The number of esters is 1.